The molecular weight excluding hydrogens is 276 g/mol. The highest BCUT2D eigenvalue weighted by atomic mass is 35.5. The summed E-state index contributed by atoms with van der Waals surface area (Å²) in [7, 11) is 0. The minimum absolute atomic E-state index is 0.0357. The van der Waals surface area contributed by atoms with E-state index in [1.807, 2.05) is 13.8 Å². The Morgan fingerprint density at radius 1 is 1.56 bits per heavy atom. The molecule has 1 N–H and O–H groups in total. The number of nitro groups is 1. The fraction of sp³-hybridized carbons (Fsp3) is 0.545. The Hall–Kier alpha value is -1.14. The summed E-state index contributed by atoms with van der Waals surface area (Å²) in [5.74, 6) is 0.448. The third kappa shape index (κ3) is 4.27. The Morgan fingerprint density at radius 3 is 2.67 bits per heavy atom. The maximum absolute atomic E-state index is 11.8. The van der Waals surface area contributed by atoms with Gasteiger partial charge in [0.15, 0.2) is 0 Å². The Morgan fingerprint density at radius 2 is 2.22 bits per heavy atom. The molecule has 0 spiro atoms. The van der Waals surface area contributed by atoms with Crippen molar-refractivity contribution in [1.29, 1.82) is 0 Å². The Balaban J connectivity index is 2.65. The number of carbonyl (C=O) groups excluding carboxylic acids is 1. The number of carbonyl (C=O) groups is 1. The number of rotatable bonds is 6. The molecule has 0 aliphatic carbocycles. The first-order valence-corrected chi connectivity index (χ1v) is 6.90. The van der Waals surface area contributed by atoms with Crippen LogP contribution in [0.15, 0.2) is 12.1 Å². The molecule has 1 amide bonds. The van der Waals surface area contributed by atoms with Gasteiger partial charge in [0.05, 0.1) is 9.80 Å². The third-order valence-corrected chi connectivity index (χ3v) is 3.68. The number of nitrogens with one attached hydrogen (secondary N) is 1. The molecule has 0 fully saturated rings. The van der Waals surface area contributed by atoms with E-state index in [1.54, 1.807) is 0 Å². The molecule has 0 saturated heterocycles. The fourth-order valence-corrected chi connectivity index (χ4v) is 2.46. The highest BCUT2D eigenvalue weighted by Crippen LogP contribution is 2.24. The maximum Gasteiger partial charge on any atom is 0.324 e. The van der Waals surface area contributed by atoms with Crippen LogP contribution >= 0.6 is 22.9 Å². The number of halogens is 1. The second kappa shape index (κ2) is 6.70. The molecule has 1 atom stereocenters. The number of thiophene rings is 1. The van der Waals surface area contributed by atoms with Crippen LogP contribution in [0.3, 0.4) is 0 Å². The van der Waals surface area contributed by atoms with Gasteiger partial charge in [0, 0.05) is 18.0 Å². The van der Waals surface area contributed by atoms with Crippen molar-refractivity contribution in [3.63, 3.8) is 0 Å². The SMILES string of the molecule is CC(C)CC(CCl)NC(=O)c1ccc([N+](=O)[O-])s1. The van der Waals surface area contributed by atoms with Crippen molar-refractivity contribution in [2.24, 2.45) is 5.92 Å². The van der Waals surface area contributed by atoms with Crippen molar-refractivity contribution in [3.8, 4) is 0 Å². The van der Waals surface area contributed by atoms with Gasteiger partial charge in [0.2, 0.25) is 0 Å². The predicted octanol–water partition coefficient (Wildman–Crippen LogP) is 3.04. The quantitative estimate of drug-likeness (QED) is 0.497. The number of alkyl halides is 1. The van der Waals surface area contributed by atoms with Crippen molar-refractivity contribution in [2.75, 3.05) is 5.88 Å². The van der Waals surface area contributed by atoms with Crippen LogP contribution in [0, 0.1) is 16.0 Å². The predicted molar refractivity (Wildman–Crippen MR) is 72.4 cm³/mol. The van der Waals surface area contributed by atoms with Crippen molar-refractivity contribution in [2.45, 2.75) is 26.3 Å². The van der Waals surface area contributed by atoms with E-state index in [0.29, 0.717) is 16.7 Å². The van der Waals surface area contributed by atoms with E-state index in [2.05, 4.69) is 5.32 Å². The molecule has 1 heterocycles. The first-order valence-electron chi connectivity index (χ1n) is 5.55. The standard InChI is InChI=1S/C11H15ClN2O3S/c1-7(2)5-8(6-12)13-11(15)9-3-4-10(18-9)14(16)17/h3-4,7-8H,5-6H2,1-2H3,(H,13,15). The summed E-state index contributed by atoms with van der Waals surface area (Å²) in [5.41, 5.74) is 0. The van der Waals surface area contributed by atoms with Gasteiger partial charge in [-0.25, -0.2) is 0 Å². The molecule has 0 aliphatic heterocycles. The molecule has 5 nitrogen and oxygen atoms in total. The smallest absolute Gasteiger partial charge is 0.324 e. The molecule has 1 rings (SSSR count). The van der Waals surface area contributed by atoms with Crippen LogP contribution in [0.25, 0.3) is 0 Å². The topological polar surface area (TPSA) is 72.2 Å². The van der Waals surface area contributed by atoms with Crippen LogP contribution in [-0.4, -0.2) is 22.8 Å². The molecule has 0 bridgehead atoms. The van der Waals surface area contributed by atoms with Gasteiger partial charge < -0.3 is 5.32 Å². The summed E-state index contributed by atoms with van der Waals surface area (Å²) < 4.78 is 0. The minimum Gasteiger partial charge on any atom is -0.347 e. The summed E-state index contributed by atoms with van der Waals surface area (Å²) in [6.07, 6.45) is 0.780. The lowest BCUT2D eigenvalue weighted by atomic mass is 10.1. The Labute approximate surface area is 114 Å². The lowest BCUT2D eigenvalue weighted by Crippen LogP contribution is -2.36. The lowest BCUT2D eigenvalue weighted by molar-refractivity contribution is -0.380. The van der Waals surface area contributed by atoms with Crippen LogP contribution in [0.2, 0.25) is 0 Å². The summed E-state index contributed by atoms with van der Waals surface area (Å²) in [6, 6.07) is 2.68. The van der Waals surface area contributed by atoms with Gasteiger partial charge in [0.1, 0.15) is 0 Å². The summed E-state index contributed by atoms with van der Waals surface area (Å²) in [5, 5.41) is 13.3. The van der Waals surface area contributed by atoms with Gasteiger partial charge in [-0.05, 0) is 18.4 Å². The second-order valence-electron chi connectivity index (χ2n) is 4.35. The first-order chi connectivity index (χ1) is 8.43. The largest absolute Gasteiger partial charge is 0.347 e. The van der Waals surface area contributed by atoms with Crippen molar-refractivity contribution < 1.29 is 9.72 Å². The van der Waals surface area contributed by atoms with Crippen LogP contribution in [-0.2, 0) is 0 Å². The Kier molecular flexibility index (Phi) is 5.55. The van der Waals surface area contributed by atoms with Crippen molar-refractivity contribution in [1.82, 2.24) is 5.32 Å². The first kappa shape index (κ1) is 14.9. The molecule has 1 aromatic rings. The van der Waals surface area contributed by atoms with Crippen molar-refractivity contribution >= 4 is 33.8 Å². The molecule has 100 valence electrons. The van der Waals surface area contributed by atoms with E-state index in [9.17, 15) is 14.9 Å². The number of hydrogen-bond acceptors (Lipinski definition) is 4. The number of nitrogens with zero attached hydrogens (tertiary/aromatic N) is 1. The van der Waals surface area contributed by atoms with E-state index in [0.717, 1.165) is 17.8 Å². The zero-order valence-corrected chi connectivity index (χ0v) is 11.8. The number of amides is 1. The van der Waals surface area contributed by atoms with Crippen LogP contribution < -0.4 is 5.32 Å². The van der Waals surface area contributed by atoms with E-state index in [-0.39, 0.29) is 17.0 Å². The zero-order valence-electron chi connectivity index (χ0n) is 10.2. The van der Waals surface area contributed by atoms with Gasteiger partial charge in [-0.2, -0.15) is 0 Å². The van der Waals surface area contributed by atoms with Gasteiger partial charge in [-0.1, -0.05) is 25.2 Å². The molecule has 7 heteroatoms. The average Bonchev–Trinajstić information content (AvgIpc) is 2.76. The van der Waals surface area contributed by atoms with E-state index in [1.165, 1.54) is 12.1 Å². The summed E-state index contributed by atoms with van der Waals surface area (Å²) in [4.78, 5) is 22.2. The molecule has 0 aromatic carbocycles. The Bertz CT molecular complexity index is 434. The highest BCUT2D eigenvalue weighted by Gasteiger charge is 2.18. The molecule has 0 saturated carbocycles. The molecule has 1 aromatic heterocycles. The van der Waals surface area contributed by atoms with Gasteiger partial charge in [0.25, 0.3) is 5.91 Å². The normalized spacial score (nSPS) is 12.4. The van der Waals surface area contributed by atoms with Crippen LogP contribution in [0.1, 0.15) is 29.9 Å². The fourth-order valence-electron chi connectivity index (χ4n) is 1.53. The average molecular weight is 291 g/mol. The molecular formula is C11H15ClN2O3S. The number of hydrogen-bond donors (Lipinski definition) is 1. The van der Waals surface area contributed by atoms with Gasteiger partial charge >= 0.3 is 5.00 Å². The molecule has 1 unspecified atom stereocenters. The molecule has 18 heavy (non-hydrogen) atoms. The van der Waals surface area contributed by atoms with Crippen LogP contribution in [0.4, 0.5) is 5.00 Å². The maximum atomic E-state index is 11.8. The van der Waals surface area contributed by atoms with E-state index >= 15 is 0 Å². The van der Waals surface area contributed by atoms with E-state index in [4.69, 9.17) is 11.6 Å². The van der Waals surface area contributed by atoms with Gasteiger partial charge in [-0.15, -0.1) is 11.6 Å². The second-order valence-corrected chi connectivity index (χ2v) is 5.72. The zero-order chi connectivity index (χ0) is 13.7. The van der Waals surface area contributed by atoms with Crippen molar-refractivity contribution in [3.05, 3.63) is 27.1 Å². The summed E-state index contributed by atoms with van der Waals surface area (Å²) >= 11 is 6.65. The van der Waals surface area contributed by atoms with Gasteiger partial charge in [-0.3, -0.25) is 14.9 Å². The highest BCUT2D eigenvalue weighted by molar-refractivity contribution is 7.17. The van der Waals surface area contributed by atoms with E-state index < -0.39 is 4.92 Å². The molecule has 0 aliphatic rings. The summed E-state index contributed by atoms with van der Waals surface area (Å²) in [6.45, 7) is 4.09. The molecule has 0 radical (unpaired) electrons. The lowest BCUT2D eigenvalue weighted by Gasteiger charge is -2.17. The van der Waals surface area contributed by atoms with Crippen LogP contribution in [0.5, 0.6) is 0 Å². The third-order valence-electron chi connectivity index (χ3n) is 2.27. The minimum atomic E-state index is -0.505. The monoisotopic (exact) mass is 290 g/mol.